The molecule has 0 spiro atoms. The van der Waals surface area contributed by atoms with E-state index in [0.717, 1.165) is 39.1 Å². The summed E-state index contributed by atoms with van der Waals surface area (Å²) in [6, 6.07) is 0.691. The number of carbonyl (C=O) groups is 1. The molecule has 3 rings (SSSR count). The maximum Gasteiger partial charge on any atom is 0.227 e. The van der Waals surface area contributed by atoms with Gasteiger partial charge in [0.05, 0.1) is 19.1 Å². The van der Waals surface area contributed by atoms with Gasteiger partial charge in [0.2, 0.25) is 5.91 Å². The minimum atomic E-state index is 0.219. The van der Waals surface area contributed by atoms with Gasteiger partial charge in [-0.05, 0) is 45.3 Å². The van der Waals surface area contributed by atoms with Crippen LogP contribution in [0.15, 0.2) is 0 Å². The van der Waals surface area contributed by atoms with Gasteiger partial charge >= 0.3 is 0 Å². The van der Waals surface area contributed by atoms with Gasteiger partial charge in [-0.15, -0.1) is 0 Å². The van der Waals surface area contributed by atoms with E-state index in [1.54, 1.807) is 0 Å². The maximum atomic E-state index is 12.6. The fourth-order valence-corrected chi connectivity index (χ4v) is 3.75. The number of ether oxygens (including phenoxy) is 1. The van der Waals surface area contributed by atoms with Crippen molar-refractivity contribution in [2.24, 2.45) is 5.92 Å². The Morgan fingerprint density at radius 2 is 1.80 bits per heavy atom. The molecule has 20 heavy (non-hydrogen) atoms. The smallest absolute Gasteiger partial charge is 0.227 e. The molecule has 0 radical (unpaired) electrons. The molecule has 3 heterocycles. The fourth-order valence-electron chi connectivity index (χ4n) is 3.75. The molecule has 3 fully saturated rings. The molecule has 5 heteroatoms. The quantitative estimate of drug-likeness (QED) is 0.791. The standard InChI is InChI=1S/C15H27N3O2/c19-15(17-8-10-20-11-9-17)13-2-1-7-18(12-13)14-3-5-16-6-4-14/h13-14,16H,1-12H2/t13-/m1/s1. The van der Waals surface area contributed by atoms with Crippen LogP contribution in [0.4, 0.5) is 0 Å². The maximum absolute atomic E-state index is 12.6. The van der Waals surface area contributed by atoms with Crippen LogP contribution in [-0.4, -0.2) is 74.2 Å². The summed E-state index contributed by atoms with van der Waals surface area (Å²) in [6.07, 6.45) is 4.71. The van der Waals surface area contributed by atoms with Crippen LogP contribution in [0, 0.1) is 5.92 Å². The number of likely N-dealkylation sites (tertiary alicyclic amines) is 1. The Morgan fingerprint density at radius 3 is 2.55 bits per heavy atom. The van der Waals surface area contributed by atoms with Crippen molar-refractivity contribution in [2.45, 2.75) is 31.7 Å². The first-order valence-electron chi connectivity index (χ1n) is 8.16. The van der Waals surface area contributed by atoms with E-state index in [9.17, 15) is 4.79 Å². The number of hydrogen-bond acceptors (Lipinski definition) is 4. The Bertz CT molecular complexity index is 325. The Labute approximate surface area is 121 Å². The van der Waals surface area contributed by atoms with Crippen LogP contribution < -0.4 is 5.32 Å². The Morgan fingerprint density at radius 1 is 1.05 bits per heavy atom. The van der Waals surface area contributed by atoms with Crippen LogP contribution in [0.5, 0.6) is 0 Å². The minimum absolute atomic E-state index is 0.219. The first-order chi connectivity index (χ1) is 9.84. The Kier molecular flexibility index (Phi) is 4.91. The number of carbonyl (C=O) groups excluding carboxylic acids is 1. The topological polar surface area (TPSA) is 44.8 Å². The summed E-state index contributed by atoms with van der Waals surface area (Å²) in [4.78, 5) is 17.2. The second-order valence-corrected chi connectivity index (χ2v) is 6.25. The van der Waals surface area contributed by atoms with Crippen molar-refractivity contribution in [3.8, 4) is 0 Å². The number of amides is 1. The van der Waals surface area contributed by atoms with E-state index in [1.165, 1.54) is 25.8 Å². The third-order valence-electron chi connectivity index (χ3n) is 4.95. The summed E-state index contributed by atoms with van der Waals surface area (Å²) in [5, 5.41) is 3.42. The van der Waals surface area contributed by atoms with Crippen LogP contribution >= 0.6 is 0 Å². The average molecular weight is 281 g/mol. The summed E-state index contributed by atoms with van der Waals surface area (Å²) < 4.78 is 5.34. The van der Waals surface area contributed by atoms with Gasteiger partial charge in [0.1, 0.15) is 0 Å². The minimum Gasteiger partial charge on any atom is -0.378 e. The average Bonchev–Trinajstić information content (AvgIpc) is 2.56. The van der Waals surface area contributed by atoms with E-state index >= 15 is 0 Å². The Balaban J connectivity index is 1.55. The van der Waals surface area contributed by atoms with Gasteiger partial charge in [0.15, 0.2) is 0 Å². The van der Waals surface area contributed by atoms with Crippen molar-refractivity contribution in [3.63, 3.8) is 0 Å². The summed E-state index contributed by atoms with van der Waals surface area (Å²) in [5.41, 5.74) is 0. The molecular formula is C15H27N3O2. The van der Waals surface area contributed by atoms with Crippen LogP contribution in [0.1, 0.15) is 25.7 Å². The molecule has 0 saturated carbocycles. The van der Waals surface area contributed by atoms with E-state index in [1.807, 2.05) is 4.90 Å². The lowest BCUT2D eigenvalue weighted by Gasteiger charge is -2.41. The molecule has 3 aliphatic rings. The van der Waals surface area contributed by atoms with Crippen molar-refractivity contribution in [1.82, 2.24) is 15.1 Å². The Hall–Kier alpha value is -0.650. The van der Waals surface area contributed by atoms with Crippen molar-refractivity contribution in [2.75, 3.05) is 52.5 Å². The predicted molar refractivity (Wildman–Crippen MR) is 77.6 cm³/mol. The molecule has 1 atom stereocenters. The van der Waals surface area contributed by atoms with Gasteiger partial charge in [0, 0.05) is 25.7 Å². The van der Waals surface area contributed by atoms with E-state index in [-0.39, 0.29) is 5.92 Å². The van der Waals surface area contributed by atoms with Crippen LogP contribution in [0.25, 0.3) is 0 Å². The molecule has 0 aromatic rings. The normalized spacial score (nSPS) is 30.4. The number of nitrogens with one attached hydrogen (secondary N) is 1. The van der Waals surface area contributed by atoms with Gasteiger partial charge < -0.3 is 15.0 Å². The van der Waals surface area contributed by atoms with E-state index < -0.39 is 0 Å². The molecule has 3 aliphatic heterocycles. The lowest BCUT2D eigenvalue weighted by Crippen LogP contribution is -2.52. The van der Waals surface area contributed by atoms with E-state index in [4.69, 9.17) is 4.74 Å². The number of nitrogens with zero attached hydrogens (tertiary/aromatic N) is 2. The highest BCUT2D eigenvalue weighted by Crippen LogP contribution is 2.24. The second-order valence-electron chi connectivity index (χ2n) is 6.25. The van der Waals surface area contributed by atoms with Crippen LogP contribution in [0.3, 0.4) is 0 Å². The molecule has 0 aromatic heterocycles. The van der Waals surface area contributed by atoms with Crippen molar-refractivity contribution in [3.05, 3.63) is 0 Å². The second kappa shape index (κ2) is 6.87. The van der Waals surface area contributed by atoms with Crippen molar-refractivity contribution >= 4 is 5.91 Å². The molecule has 1 amide bonds. The highest BCUT2D eigenvalue weighted by molar-refractivity contribution is 5.79. The molecule has 0 aromatic carbocycles. The molecule has 1 N–H and O–H groups in total. The highest BCUT2D eigenvalue weighted by atomic mass is 16.5. The summed E-state index contributed by atoms with van der Waals surface area (Å²) in [6.45, 7) is 7.38. The number of piperidine rings is 2. The van der Waals surface area contributed by atoms with Gasteiger partial charge in [-0.3, -0.25) is 9.69 Å². The lowest BCUT2D eigenvalue weighted by atomic mass is 9.93. The first kappa shape index (κ1) is 14.3. The van der Waals surface area contributed by atoms with Gasteiger partial charge in [-0.1, -0.05) is 0 Å². The third-order valence-corrected chi connectivity index (χ3v) is 4.95. The predicted octanol–water partition coefficient (Wildman–Crippen LogP) is 0.309. The van der Waals surface area contributed by atoms with E-state index in [2.05, 4.69) is 10.2 Å². The number of hydrogen-bond donors (Lipinski definition) is 1. The zero-order valence-corrected chi connectivity index (χ0v) is 12.4. The van der Waals surface area contributed by atoms with Crippen LogP contribution in [0.2, 0.25) is 0 Å². The van der Waals surface area contributed by atoms with Gasteiger partial charge in [-0.2, -0.15) is 0 Å². The highest BCUT2D eigenvalue weighted by Gasteiger charge is 2.32. The third kappa shape index (κ3) is 3.32. The molecule has 0 bridgehead atoms. The number of morpholine rings is 1. The summed E-state index contributed by atoms with van der Waals surface area (Å²) >= 11 is 0. The molecule has 114 valence electrons. The summed E-state index contributed by atoms with van der Waals surface area (Å²) in [7, 11) is 0. The van der Waals surface area contributed by atoms with E-state index in [0.29, 0.717) is 25.2 Å². The SMILES string of the molecule is O=C([C@@H]1CCCN(C2CCNCC2)C1)N1CCOCC1. The van der Waals surface area contributed by atoms with Gasteiger partial charge in [-0.25, -0.2) is 0 Å². The van der Waals surface area contributed by atoms with Crippen molar-refractivity contribution < 1.29 is 9.53 Å². The monoisotopic (exact) mass is 281 g/mol. The molecule has 0 aliphatic carbocycles. The number of rotatable bonds is 2. The lowest BCUT2D eigenvalue weighted by molar-refractivity contribution is -0.141. The molecule has 5 nitrogen and oxygen atoms in total. The molecular weight excluding hydrogens is 254 g/mol. The molecule has 0 unspecified atom stereocenters. The van der Waals surface area contributed by atoms with Crippen LogP contribution in [-0.2, 0) is 9.53 Å². The molecule has 3 saturated heterocycles. The zero-order chi connectivity index (χ0) is 13.8. The zero-order valence-electron chi connectivity index (χ0n) is 12.4. The fraction of sp³-hybridized carbons (Fsp3) is 0.933. The first-order valence-corrected chi connectivity index (χ1v) is 8.16. The van der Waals surface area contributed by atoms with Gasteiger partial charge in [0.25, 0.3) is 0 Å². The summed E-state index contributed by atoms with van der Waals surface area (Å²) in [5.74, 6) is 0.587. The largest absolute Gasteiger partial charge is 0.378 e. The van der Waals surface area contributed by atoms with Crippen molar-refractivity contribution in [1.29, 1.82) is 0 Å².